The molecule has 0 aliphatic carbocycles. The highest BCUT2D eigenvalue weighted by Gasteiger charge is 2.28. The van der Waals surface area contributed by atoms with Gasteiger partial charge in [0.25, 0.3) is 0 Å². The minimum atomic E-state index is -0.0583. The molecule has 0 radical (unpaired) electrons. The van der Waals surface area contributed by atoms with Crippen LogP contribution in [0.1, 0.15) is 31.2 Å². The lowest BCUT2D eigenvalue weighted by Gasteiger charge is -2.37. The lowest BCUT2D eigenvalue weighted by molar-refractivity contribution is -0.136. The van der Waals surface area contributed by atoms with Crippen LogP contribution >= 0.6 is 0 Å². The van der Waals surface area contributed by atoms with Crippen molar-refractivity contribution >= 4 is 17.5 Å². The number of pyridine rings is 1. The zero-order chi connectivity index (χ0) is 24.5. The summed E-state index contributed by atoms with van der Waals surface area (Å²) in [7, 11) is 1.68. The lowest BCUT2D eigenvalue weighted by atomic mass is 9.97. The van der Waals surface area contributed by atoms with Crippen LogP contribution in [0.3, 0.4) is 0 Å². The van der Waals surface area contributed by atoms with Crippen LogP contribution in [0.5, 0.6) is 5.75 Å². The second-order valence-corrected chi connectivity index (χ2v) is 9.38. The fraction of sp³-hybridized carbons (Fsp3) is 0.519. The predicted molar refractivity (Wildman–Crippen MR) is 136 cm³/mol. The largest absolute Gasteiger partial charge is 0.497 e. The number of aromatic nitrogens is 1. The molecule has 2 fully saturated rings. The number of amides is 2. The molecule has 8 heteroatoms. The van der Waals surface area contributed by atoms with E-state index in [2.05, 4.69) is 32.2 Å². The van der Waals surface area contributed by atoms with Gasteiger partial charge in [-0.25, -0.2) is 0 Å². The van der Waals surface area contributed by atoms with Gasteiger partial charge in [0.05, 0.1) is 7.11 Å². The Bertz CT molecular complexity index is 962. The molecule has 1 unspecified atom stereocenters. The van der Waals surface area contributed by atoms with E-state index >= 15 is 0 Å². The molecule has 0 bridgehead atoms. The molecule has 2 aromatic rings. The third-order valence-corrected chi connectivity index (χ3v) is 6.99. The average molecular weight is 480 g/mol. The van der Waals surface area contributed by atoms with Crippen molar-refractivity contribution in [1.82, 2.24) is 20.1 Å². The summed E-state index contributed by atoms with van der Waals surface area (Å²) < 4.78 is 5.36. The number of benzene rings is 1. The second kappa shape index (κ2) is 12.5. The number of nitrogens with one attached hydrogen (secondary N) is 1. The van der Waals surface area contributed by atoms with Gasteiger partial charge in [-0.2, -0.15) is 0 Å². The molecule has 1 aromatic heterocycles. The summed E-state index contributed by atoms with van der Waals surface area (Å²) in [4.78, 5) is 36.6. The molecule has 1 aromatic carbocycles. The quantitative estimate of drug-likeness (QED) is 0.710. The summed E-state index contributed by atoms with van der Waals surface area (Å²) in [6.45, 7) is 5.95. The number of hydrogen-bond donors (Lipinski definition) is 1. The van der Waals surface area contributed by atoms with Crippen molar-refractivity contribution < 1.29 is 14.3 Å². The Labute approximate surface area is 208 Å². The second-order valence-electron chi connectivity index (χ2n) is 9.38. The highest BCUT2D eigenvalue weighted by atomic mass is 16.5. The van der Waals surface area contributed by atoms with E-state index in [1.165, 1.54) is 0 Å². The summed E-state index contributed by atoms with van der Waals surface area (Å²) >= 11 is 0. The van der Waals surface area contributed by atoms with Gasteiger partial charge < -0.3 is 19.9 Å². The van der Waals surface area contributed by atoms with Crippen molar-refractivity contribution in [2.24, 2.45) is 5.92 Å². The van der Waals surface area contributed by atoms with Crippen molar-refractivity contribution in [1.29, 1.82) is 0 Å². The smallest absolute Gasteiger partial charge is 0.225 e. The number of methoxy groups -OCH3 is 1. The van der Waals surface area contributed by atoms with Gasteiger partial charge in [0.2, 0.25) is 11.8 Å². The summed E-state index contributed by atoms with van der Waals surface area (Å²) in [5.74, 6) is 1.07. The maximum Gasteiger partial charge on any atom is 0.225 e. The summed E-state index contributed by atoms with van der Waals surface area (Å²) in [5, 5.41) is 3.02. The monoisotopic (exact) mass is 479 g/mol. The number of carbonyl (C=O) groups is 2. The number of carbonyl (C=O) groups excluding carboxylic acids is 2. The normalized spacial score (nSPS) is 20.6. The zero-order valence-electron chi connectivity index (χ0n) is 20.7. The van der Waals surface area contributed by atoms with Crippen LogP contribution in [-0.2, 0) is 16.1 Å². The van der Waals surface area contributed by atoms with Gasteiger partial charge in [-0.05, 0) is 49.6 Å². The van der Waals surface area contributed by atoms with Crippen LogP contribution in [0, 0.1) is 5.92 Å². The molecule has 3 heterocycles. The molecule has 35 heavy (non-hydrogen) atoms. The fourth-order valence-corrected chi connectivity index (χ4v) is 4.96. The average Bonchev–Trinajstić information content (AvgIpc) is 2.94. The van der Waals surface area contributed by atoms with Crippen LogP contribution in [0.15, 0.2) is 48.8 Å². The molecule has 1 N–H and O–H groups in total. The standard InChI is InChI=1S/C27H37N5O3/c1-35-25-8-2-7-24(19-25)31-15-17-32(18-16-31)27(34)23-6-4-13-30(14-10-26(33)29-12-9-23)21-22-5-3-11-28-20-22/h2-3,5,7-8,11,19-20,23H,4,6,9-10,12-18,21H2,1H3,(H,29,33). The number of hydrogen-bond acceptors (Lipinski definition) is 6. The first kappa shape index (κ1) is 25.0. The van der Waals surface area contributed by atoms with E-state index in [0.717, 1.165) is 56.0 Å². The summed E-state index contributed by atoms with van der Waals surface area (Å²) in [6, 6.07) is 12.1. The van der Waals surface area contributed by atoms with Crippen molar-refractivity contribution in [2.45, 2.75) is 32.2 Å². The van der Waals surface area contributed by atoms with E-state index in [9.17, 15) is 9.59 Å². The van der Waals surface area contributed by atoms with Gasteiger partial charge in [-0.15, -0.1) is 0 Å². The van der Waals surface area contributed by atoms with Crippen LogP contribution in [0.25, 0.3) is 0 Å². The van der Waals surface area contributed by atoms with Crippen LogP contribution in [-0.4, -0.2) is 79.5 Å². The van der Waals surface area contributed by atoms with Crippen molar-refractivity contribution in [3.05, 3.63) is 54.4 Å². The van der Waals surface area contributed by atoms with E-state index in [4.69, 9.17) is 4.74 Å². The molecule has 2 amide bonds. The number of ether oxygens (including phenoxy) is 1. The third-order valence-electron chi connectivity index (χ3n) is 6.99. The molecule has 2 aliphatic heterocycles. The number of anilines is 1. The Morgan fingerprint density at radius 1 is 1.09 bits per heavy atom. The molecule has 2 aliphatic rings. The summed E-state index contributed by atoms with van der Waals surface area (Å²) in [6.07, 6.45) is 6.61. The predicted octanol–water partition coefficient (Wildman–Crippen LogP) is 2.55. The number of piperazine rings is 1. The highest BCUT2D eigenvalue weighted by molar-refractivity contribution is 5.79. The SMILES string of the molecule is COc1cccc(N2CCN(C(=O)C3CCCN(Cc4cccnc4)CCC(=O)NCC3)CC2)c1. The Morgan fingerprint density at radius 2 is 1.94 bits per heavy atom. The van der Waals surface area contributed by atoms with E-state index < -0.39 is 0 Å². The van der Waals surface area contributed by atoms with Gasteiger partial charge in [-0.3, -0.25) is 19.5 Å². The minimum Gasteiger partial charge on any atom is -0.497 e. The Morgan fingerprint density at radius 3 is 2.71 bits per heavy atom. The van der Waals surface area contributed by atoms with E-state index in [1.54, 1.807) is 13.3 Å². The van der Waals surface area contributed by atoms with Crippen molar-refractivity contribution in [2.75, 3.05) is 57.8 Å². The number of rotatable bonds is 5. The van der Waals surface area contributed by atoms with Gasteiger partial charge in [-0.1, -0.05) is 12.1 Å². The molecule has 4 rings (SSSR count). The maximum atomic E-state index is 13.5. The minimum absolute atomic E-state index is 0.0567. The van der Waals surface area contributed by atoms with Crippen LogP contribution < -0.4 is 15.0 Å². The first-order chi connectivity index (χ1) is 17.1. The molecule has 8 nitrogen and oxygen atoms in total. The fourth-order valence-electron chi connectivity index (χ4n) is 4.96. The van der Waals surface area contributed by atoms with E-state index in [1.807, 2.05) is 35.4 Å². The third kappa shape index (κ3) is 7.18. The maximum absolute atomic E-state index is 13.5. The number of nitrogens with zero attached hydrogens (tertiary/aromatic N) is 4. The molecular formula is C27H37N5O3. The molecule has 1 atom stereocenters. The zero-order valence-corrected chi connectivity index (χ0v) is 20.7. The van der Waals surface area contributed by atoms with Gasteiger partial charge in [0, 0.05) is 82.3 Å². The van der Waals surface area contributed by atoms with Gasteiger partial charge in [0.1, 0.15) is 5.75 Å². The van der Waals surface area contributed by atoms with Crippen molar-refractivity contribution in [3.63, 3.8) is 0 Å². The first-order valence-electron chi connectivity index (χ1n) is 12.7. The highest BCUT2D eigenvalue weighted by Crippen LogP contribution is 2.23. The van der Waals surface area contributed by atoms with Crippen LogP contribution in [0.4, 0.5) is 5.69 Å². The Hall–Kier alpha value is -3.13. The van der Waals surface area contributed by atoms with Gasteiger partial charge >= 0.3 is 0 Å². The van der Waals surface area contributed by atoms with E-state index in [0.29, 0.717) is 39.0 Å². The molecule has 0 spiro atoms. The van der Waals surface area contributed by atoms with Gasteiger partial charge in [0.15, 0.2) is 0 Å². The van der Waals surface area contributed by atoms with Crippen molar-refractivity contribution in [3.8, 4) is 5.75 Å². The molecule has 2 saturated heterocycles. The topological polar surface area (TPSA) is 78.0 Å². The lowest BCUT2D eigenvalue weighted by Crippen LogP contribution is -2.50. The summed E-state index contributed by atoms with van der Waals surface area (Å²) in [5.41, 5.74) is 2.27. The molecule has 0 saturated carbocycles. The Balaban J connectivity index is 1.33. The molecular weight excluding hydrogens is 442 g/mol. The molecule has 188 valence electrons. The Kier molecular flexibility index (Phi) is 8.95. The van der Waals surface area contributed by atoms with E-state index in [-0.39, 0.29) is 17.7 Å². The first-order valence-corrected chi connectivity index (χ1v) is 12.7. The van der Waals surface area contributed by atoms with Crippen LogP contribution in [0.2, 0.25) is 0 Å².